The van der Waals surface area contributed by atoms with Crippen molar-refractivity contribution in [2.45, 2.75) is 25.4 Å². The van der Waals surface area contributed by atoms with Crippen LogP contribution >= 0.6 is 0 Å². The third kappa shape index (κ3) is 2.29. The first-order valence-electron chi connectivity index (χ1n) is 7.27. The molecule has 3 heterocycles. The summed E-state index contributed by atoms with van der Waals surface area (Å²) in [5, 5.41) is 7.94. The highest BCUT2D eigenvalue weighted by atomic mass is 16.6. The van der Waals surface area contributed by atoms with Crippen LogP contribution in [0.4, 0.5) is 0 Å². The van der Waals surface area contributed by atoms with Crippen LogP contribution in [0, 0.1) is 0 Å². The monoisotopic (exact) mass is 280 g/mol. The number of likely N-dealkylation sites (tertiary alicyclic amines) is 1. The first-order chi connectivity index (χ1) is 10.4. The summed E-state index contributed by atoms with van der Waals surface area (Å²) in [5.74, 6) is 0. The number of rotatable bonds is 3. The number of pyridine rings is 1. The number of hydrogen-bond donors (Lipinski definition) is 0. The van der Waals surface area contributed by atoms with E-state index in [1.165, 1.54) is 6.42 Å². The predicted octanol–water partition coefficient (Wildman–Crippen LogP) is 2.95. The van der Waals surface area contributed by atoms with Crippen molar-refractivity contribution in [1.82, 2.24) is 20.2 Å². The molecule has 5 heteroatoms. The number of fused-ring (bicyclic) bond motifs is 1. The van der Waals surface area contributed by atoms with Crippen LogP contribution in [0.5, 0.6) is 0 Å². The van der Waals surface area contributed by atoms with Crippen LogP contribution in [0.2, 0.25) is 0 Å². The molecule has 0 radical (unpaired) electrons. The van der Waals surface area contributed by atoms with Crippen LogP contribution in [0.1, 0.15) is 30.1 Å². The molecule has 0 saturated carbocycles. The third-order valence-electron chi connectivity index (χ3n) is 4.14. The minimum Gasteiger partial charge on any atom is -0.290 e. The molecule has 106 valence electrons. The van der Waals surface area contributed by atoms with E-state index >= 15 is 0 Å². The molecular formula is C16H16N4O. The van der Waals surface area contributed by atoms with Gasteiger partial charge in [0.25, 0.3) is 0 Å². The van der Waals surface area contributed by atoms with Gasteiger partial charge in [0.2, 0.25) is 0 Å². The highest BCUT2D eigenvalue weighted by Crippen LogP contribution is 2.32. The van der Waals surface area contributed by atoms with Crippen LogP contribution in [0.15, 0.2) is 47.2 Å². The number of hydrogen-bond acceptors (Lipinski definition) is 5. The van der Waals surface area contributed by atoms with Crippen molar-refractivity contribution in [3.8, 4) is 0 Å². The van der Waals surface area contributed by atoms with Crippen LogP contribution in [-0.2, 0) is 6.54 Å². The van der Waals surface area contributed by atoms with E-state index in [1.54, 1.807) is 0 Å². The summed E-state index contributed by atoms with van der Waals surface area (Å²) in [7, 11) is 0. The summed E-state index contributed by atoms with van der Waals surface area (Å²) in [6.45, 7) is 1.94. The summed E-state index contributed by atoms with van der Waals surface area (Å²) < 4.78 is 4.85. The second kappa shape index (κ2) is 5.26. The van der Waals surface area contributed by atoms with Crippen LogP contribution in [0.25, 0.3) is 11.0 Å². The highest BCUT2D eigenvalue weighted by molar-refractivity contribution is 5.76. The van der Waals surface area contributed by atoms with Crippen molar-refractivity contribution in [2.24, 2.45) is 0 Å². The fourth-order valence-corrected chi connectivity index (χ4v) is 3.13. The topological polar surface area (TPSA) is 55.1 Å². The number of nitrogens with zero attached hydrogens (tertiary/aromatic N) is 4. The quantitative estimate of drug-likeness (QED) is 0.738. The van der Waals surface area contributed by atoms with Gasteiger partial charge in [0.1, 0.15) is 11.0 Å². The maximum absolute atomic E-state index is 4.85. The van der Waals surface area contributed by atoms with Crippen molar-refractivity contribution >= 4 is 11.0 Å². The Labute approximate surface area is 122 Å². The zero-order chi connectivity index (χ0) is 14.1. The summed E-state index contributed by atoms with van der Waals surface area (Å²) in [4.78, 5) is 6.98. The minimum atomic E-state index is 0.390. The first kappa shape index (κ1) is 12.5. The molecule has 4 rings (SSSR count). The molecule has 0 aliphatic carbocycles. The minimum absolute atomic E-state index is 0.390. The lowest BCUT2D eigenvalue weighted by molar-refractivity contribution is 0.244. The molecule has 0 N–H and O–H groups in total. The van der Waals surface area contributed by atoms with Crippen molar-refractivity contribution < 1.29 is 4.63 Å². The molecule has 2 aromatic heterocycles. The average molecular weight is 280 g/mol. The molecule has 0 bridgehead atoms. The van der Waals surface area contributed by atoms with E-state index in [1.807, 2.05) is 24.4 Å². The van der Waals surface area contributed by atoms with E-state index in [4.69, 9.17) is 4.63 Å². The van der Waals surface area contributed by atoms with Gasteiger partial charge in [-0.1, -0.05) is 18.2 Å². The Morgan fingerprint density at radius 3 is 3.05 bits per heavy atom. The van der Waals surface area contributed by atoms with Crippen molar-refractivity contribution in [3.63, 3.8) is 0 Å². The van der Waals surface area contributed by atoms with E-state index < -0.39 is 0 Å². The molecule has 1 aliphatic heterocycles. The lowest BCUT2D eigenvalue weighted by Gasteiger charge is -2.24. The molecule has 5 nitrogen and oxygen atoms in total. The molecule has 0 amide bonds. The van der Waals surface area contributed by atoms with Gasteiger partial charge in [-0.2, -0.15) is 0 Å². The summed E-state index contributed by atoms with van der Waals surface area (Å²) in [6.07, 6.45) is 4.23. The Kier molecular flexibility index (Phi) is 3.12. The Morgan fingerprint density at radius 1 is 1.14 bits per heavy atom. The zero-order valence-electron chi connectivity index (χ0n) is 11.6. The van der Waals surface area contributed by atoms with Gasteiger partial charge in [0.05, 0.1) is 11.7 Å². The van der Waals surface area contributed by atoms with Gasteiger partial charge in [-0.25, -0.2) is 4.63 Å². The van der Waals surface area contributed by atoms with E-state index in [-0.39, 0.29) is 0 Å². The summed E-state index contributed by atoms with van der Waals surface area (Å²) in [6, 6.07) is 12.6. The largest absolute Gasteiger partial charge is 0.290 e. The highest BCUT2D eigenvalue weighted by Gasteiger charge is 2.27. The standard InChI is InChI=1S/C16H16N4O/c1-2-9-17-13(6-1)15-8-4-10-20(15)11-12-5-3-7-14-16(12)19-21-18-14/h1-3,5-7,9,15H,4,8,10-11H2. The van der Waals surface area contributed by atoms with Crippen LogP contribution < -0.4 is 0 Å². The lowest BCUT2D eigenvalue weighted by Crippen LogP contribution is -2.23. The Hall–Kier alpha value is -2.27. The third-order valence-corrected chi connectivity index (χ3v) is 4.14. The van der Waals surface area contributed by atoms with Gasteiger partial charge in [0.15, 0.2) is 0 Å². The molecule has 1 aliphatic rings. The lowest BCUT2D eigenvalue weighted by atomic mass is 10.1. The van der Waals surface area contributed by atoms with E-state index in [0.29, 0.717) is 6.04 Å². The summed E-state index contributed by atoms with van der Waals surface area (Å²) >= 11 is 0. The van der Waals surface area contributed by atoms with E-state index in [9.17, 15) is 0 Å². The van der Waals surface area contributed by atoms with Gasteiger partial charge in [-0.15, -0.1) is 0 Å². The van der Waals surface area contributed by atoms with Crippen LogP contribution in [-0.4, -0.2) is 26.7 Å². The smallest absolute Gasteiger partial charge is 0.139 e. The molecule has 1 saturated heterocycles. The molecule has 1 atom stereocenters. The molecule has 3 aromatic rings. The SMILES string of the molecule is c1ccc(C2CCCN2Cc2cccc3nonc23)nc1. The molecule has 1 unspecified atom stereocenters. The Bertz CT molecular complexity index is 740. The maximum atomic E-state index is 4.85. The predicted molar refractivity (Wildman–Crippen MR) is 78.4 cm³/mol. The second-order valence-corrected chi connectivity index (χ2v) is 5.43. The first-order valence-corrected chi connectivity index (χ1v) is 7.27. The van der Waals surface area contributed by atoms with Gasteiger partial charge < -0.3 is 0 Å². The molecule has 21 heavy (non-hydrogen) atoms. The number of benzene rings is 1. The molecule has 1 fully saturated rings. The van der Waals surface area contributed by atoms with Gasteiger partial charge in [-0.3, -0.25) is 9.88 Å². The second-order valence-electron chi connectivity index (χ2n) is 5.43. The molecule has 1 aromatic carbocycles. The molecule has 0 spiro atoms. The van der Waals surface area contributed by atoms with E-state index in [2.05, 4.69) is 38.4 Å². The fraction of sp³-hybridized carbons (Fsp3) is 0.312. The van der Waals surface area contributed by atoms with Crippen molar-refractivity contribution in [3.05, 3.63) is 53.9 Å². The van der Waals surface area contributed by atoms with Gasteiger partial charge in [-0.05, 0) is 53.5 Å². The van der Waals surface area contributed by atoms with Gasteiger partial charge in [0, 0.05) is 12.7 Å². The van der Waals surface area contributed by atoms with Crippen LogP contribution in [0.3, 0.4) is 0 Å². The average Bonchev–Trinajstić information content (AvgIpc) is 3.17. The van der Waals surface area contributed by atoms with Crippen molar-refractivity contribution in [2.75, 3.05) is 6.54 Å². The fourth-order valence-electron chi connectivity index (χ4n) is 3.13. The number of aromatic nitrogens is 3. The Balaban J connectivity index is 1.63. The molecular weight excluding hydrogens is 264 g/mol. The van der Waals surface area contributed by atoms with Gasteiger partial charge >= 0.3 is 0 Å². The maximum Gasteiger partial charge on any atom is 0.139 e. The normalized spacial score (nSPS) is 19.3. The zero-order valence-corrected chi connectivity index (χ0v) is 11.6. The van der Waals surface area contributed by atoms with E-state index in [0.717, 1.165) is 41.8 Å². The van der Waals surface area contributed by atoms with Crippen molar-refractivity contribution in [1.29, 1.82) is 0 Å². The summed E-state index contributed by atoms with van der Waals surface area (Å²) in [5.41, 5.74) is 4.00. The Morgan fingerprint density at radius 2 is 2.14 bits per heavy atom.